The molecule has 0 saturated carbocycles. The van der Waals surface area contributed by atoms with Crippen molar-refractivity contribution in [2.24, 2.45) is 0 Å². The number of nitrogens with zero attached hydrogens (tertiary/aromatic N) is 1. The first-order chi connectivity index (χ1) is 12.4. The molecular weight excluding hydrogens is 374 g/mol. The number of hydrogen-bond donors (Lipinski definition) is 0. The second kappa shape index (κ2) is 8.03. The van der Waals surface area contributed by atoms with Gasteiger partial charge < -0.3 is 4.43 Å². The molecule has 0 aliphatic carbocycles. The monoisotopic (exact) mass is 407 g/mol. The molecule has 1 heterocycles. The van der Waals surface area contributed by atoms with Crippen molar-refractivity contribution in [3.05, 3.63) is 54.6 Å². The molecule has 0 saturated heterocycles. The Morgan fingerprint density at radius 3 is 2.41 bits per heavy atom. The van der Waals surface area contributed by atoms with Gasteiger partial charge in [-0.05, 0) is 43.6 Å². The van der Waals surface area contributed by atoms with Crippen molar-refractivity contribution >= 4 is 18.3 Å². The minimum Gasteiger partial charge on any atom is -0.412 e. The van der Waals surface area contributed by atoms with Gasteiger partial charge in [0, 0.05) is 6.54 Å². The van der Waals surface area contributed by atoms with Crippen LogP contribution in [0.25, 0.3) is 0 Å². The maximum atomic E-state index is 13.2. The molecule has 0 radical (unpaired) electrons. The fraction of sp³-hybridized carbons (Fsp3) is 0.524. The zero-order valence-electron chi connectivity index (χ0n) is 17.4. The van der Waals surface area contributed by atoms with Crippen LogP contribution in [-0.2, 0) is 14.4 Å². The Labute approximate surface area is 166 Å². The topological polar surface area (TPSA) is 46.6 Å². The summed E-state index contributed by atoms with van der Waals surface area (Å²) < 4.78 is 34.7. The number of benzene rings is 1. The lowest BCUT2D eigenvalue weighted by Crippen LogP contribution is -2.51. The smallest absolute Gasteiger partial charge is 0.243 e. The molecule has 0 amide bonds. The van der Waals surface area contributed by atoms with Crippen molar-refractivity contribution in [1.29, 1.82) is 0 Å². The molecule has 1 aliphatic heterocycles. The third kappa shape index (κ3) is 4.80. The van der Waals surface area contributed by atoms with Gasteiger partial charge in [0.15, 0.2) is 8.32 Å². The number of aryl methyl sites for hydroxylation is 1. The summed E-state index contributed by atoms with van der Waals surface area (Å²) in [4.78, 5) is 0.325. The van der Waals surface area contributed by atoms with E-state index in [1.54, 1.807) is 16.4 Å². The molecule has 150 valence electrons. The molecular formula is C21H33NO3SSi. The van der Waals surface area contributed by atoms with E-state index in [4.69, 9.17) is 4.43 Å². The van der Waals surface area contributed by atoms with E-state index in [9.17, 15) is 8.42 Å². The Hall–Kier alpha value is -1.21. The van der Waals surface area contributed by atoms with E-state index in [0.717, 1.165) is 5.56 Å². The van der Waals surface area contributed by atoms with E-state index < -0.39 is 18.3 Å². The second-order valence-corrected chi connectivity index (χ2v) is 15.4. The van der Waals surface area contributed by atoms with E-state index in [0.29, 0.717) is 17.9 Å². The van der Waals surface area contributed by atoms with Crippen molar-refractivity contribution in [2.75, 3.05) is 6.54 Å². The normalized spacial score (nSPS) is 20.0. The van der Waals surface area contributed by atoms with Gasteiger partial charge in [0.25, 0.3) is 0 Å². The largest absolute Gasteiger partial charge is 0.412 e. The zero-order chi connectivity index (χ0) is 20.5. The molecule has 4 nitrogen and oxygen atoms in total. The third-order valence-corrected chi connectivity index (χ3v) is 12.0. The Morgan fingerprint density at radius 1 is 1.30 bits per heavy atom. The van der Waals surface area contributed by atoms with Crippen molar-refractivity contribution in [1.82, 2.24) is 4.31 Å². The molecule has 0 aromatic heterocycles. The number of hydrogen-bond acceptors (Lipinski definition) is 3. The van der Waals surface area contributed by atoms with Crippen LogP contribution in [0.15, 0.2) is 54.0 Å². The summed E-state index contributed by atoms with van der Waals surface area (Å²) in [6.07, 6.45) is 6.08. The molecule has 0 N–H and O–H groups in total. The van der Waals surface area contributed by atoms with Crippen molar-refractivity contribution in [2.45, 2.75) is 69.3 Å². The summed E-state index contributed by atoms with van der Waals surface area (Å²) in [5.41, 5.74) is 1.04. The third-order valence-electron chi connectivity index (χ3n) is 5.61. The lowest BCUT2D eigenvalue weighted by atomic mass is 10.1. The molecule has 6 heteroatoms. The van der Waals surface area contributed by atoms with E-state index in [-0.39, 0.29) is 17.2 Å². The summed E-state index contributed by atoms with van der Waals surface area (Å²) in [5, 5.41) is 0.0510. The first-order valence-corrected chi connectivity index (χ1v) is 13.8. The van der Waals surface area contributed by atoms with Crippen LogP contribution in [0.5, 0.6) is 0 Å². The van der Waals surface area contributed by atoms with Gasteiger partial charge >= 0.3 is 0 Å². The van der Waals surface area contributed by atoms with Gasteiger partial charge in [0.2, 0.25) is 10.0 Å². The highest BCUT2D eigenvalue weighted by atomic mass is 32.2. The van der Waals surface area contributed by atoms with Crippen LogP contribution in [0.4, 0.5) is 0 Å². The van der Waals surface area contributed by atoms with E-state index in [2.05, 4.69) is 40.4 Å². The average Bonchev–Trinajstić information content (AvgIpc) is 3.04. The number of sulfonamides is 1. The van der Waals surface area contributed by atoms with Crippen LogP contribution in [0, 0.1) is 6.92 Å². The first kappa shape index (κ1) is 22.1. The first-order valence-electron chi connectivity index (χ1n) is 9.44. The SMILES string of the molecule is C=CC[C@H](O[Si](C)(C)C(C)(C)C)[C@H]1C=CCN1S(=O)(=O)c1ccc(C)cc1. The van der Waals surface area contributed by atoms with E-state index in [1.807, 2.05) is 37.3 Å². The fourth-order valence-electron chi connectivity index (χ4n) is 2.91. The van der Waals surface area contributed by atoms with Gasteiger partial charge in [-0.1, -0.05) is 56.7 Å². The van der Waals surface area contributed by atoms with Gasteiger partial charge in [-0.15, -0.1) is 6.58 Å². The summed E-state index contributed by atoms with van der Waals surface area (Å²) in [6.45, 7) is 17.1. The lowest BCUT2D eigenvalue weighted by Gasteiger charge is -2.41. The molecule has 1 aromatic carbocycles. The molecule has 2 atom stereocenters. The van der Waals surface area contributed by atoms with Crippen molar-refractivity contribution in [3.8, 4) is 0 Å². The van der Waals surface area contributed by atoms with Crippen LogP contribution in [0.2, 0.25) is 18.1 Å². The van der Waals surface area contributed by atoms with Crippen molar-refractivity contribution < 1.29 is 12.8 Å². The van der Waals surface area contributed by atoms with Gasteiger partial charge in [-0.25, -0.2) is 8.42 Å². The number of rotatable bonds is 7. The van der Waals surface area contributed by atoms with Crippen LogP contribution >= 0.6 is 0 Å². The maximum absolute atomic E-state index is 13.2. The van der Waals surface area contributed by atoms with Crippen molar-refractivity contribution in [3.63, 3.8) is 0 Å². The highest BCUT2D eigenvalue weighted by Crippen LogP contribution is 2.39. The van der Waals surface area contributed by atoms with Gasteiger partial charge in [-0.2, -0.15) is 4.31 Å². The summed E-state index contributed by atoms with van der Waals surface area (Å²) in [5.74, 6) is 0. The standard InChI is InChI=1S/C21H33NO3SSi/c1-8-10-20(25-27(6,7)21(3,4)5)19-11-9-16-22(19)26(23,24)18-14-12-17(2)13-15-18/h8-9,11-15,19-20H,1,10,16H2,2-7H3/t19-,20+/m1/s1. The zero-order valence-corrected chi connectivity index (χ0v) is 19.2. The molecule has 1 aromatic rings. The Balaban J connectivity index is 2.34. The Bertz CT molecular complexity index is 792. The lowest BCUT2D eigenvalue weighted by molar-refractivity contribution is 0.131. The maximum Gasteiger partial charge on any atom is 0.243 e. The van der Waals surface area contributed by atoms with Crippen LogP contribution in [-0.4, -0.2) is 39.7 Å². The van der Waals surface area contributed by atoms with E-state index in [1.165, 1.54) is 0 Å². The van der Waals surface area contributed by atoms with E-state index >= 15 is 0 Å². The molecule has 1 aliphatic rings. The molecule has 0 spiro atoms. The fourth-order valence-corrected chi connectivity index (χ4v) is 5.82. The quantitative estimate of drug-likeness (QED) is 0.477. The predicted octanol–water partition coefficient (Wildman–Crippen LogP) is 4.89. The Morgan fingerprint density at radius 2 is 1.89 bits per heavy atom. The summed E-state index contributed by atoms with van der Waals surface area (Å²) >= 11 is 0. The van der Waals surface area contributed by atoms with Crippen LogP contribution in [0.1, 0.15) is 32.8 Å². The van der Waals surface area contributed by atoms with Crippen LogP contribution < -0.4 is 0 Å². The highest BCUT2D eigenvalue weighted by Gasteiger charge is 2.43. The average molecular weight is 408 g/mol. The molecule has 2 rings (SSSR count). The molecule has 0 unspecified atom stereocenters. The molecule has 0 bridgehead atoms. The molecule has 27 heavy (non-hydrogen) atoms. The van der Waals surface area contributed by atoms with Gasteiger partial charge in [-0.3, -0.25) is 0 Å². The minimum atomic E-state index is -3.59. The van der Waals surface area contributed by atoms with Crippen LogP contribution in [0.3, 0.4) is 0 Å². The summed E-state index contributed by atoms with van der Waals surface area (Å²) in [7, 11) is -5.64. The second-order valence-electron chi connectivity index (χ2n) is 8.75. The highest BCUT2D eigenvalue weighted by molar-refractivity contribution is 7.89. The van der Waals surface area contributed by atoms with Gasteiger partial charge in [0.1, 0.15) is 0 Å². The predicted molar refractivity (Wildman–Crippen MR) is 115 cm³/mol. The molecule has 0 fully saturated rings. The Kier molecular flexibility index (Phi) is 6.57. The minimum absolute atomic E-state index is 0.0510. The van der Waals surface area contributed by atoms with Gasteiger partial charge in [0.05, 0.1) is 17.0 Å². The summed E-state index contributed by atoms with van der Waals surface area (Å²) in [6, 6.07) is 6.70.